The average molecular weight is 380 g/mol. The second-order valence-electron chi connectivity index (χ2n) is 8.23. The van der Waals surface area contributed by atoms with E-state index in [2.05, 4.69) is 43.4 Å². The fraction of sp³-hybridized carbons (Fsp3) is 0.455. The largest absolute Gasteiger partial charge is 0.311 e. The van der Waals surface area contributed by atoms with Crippen LogP contribution in [0.15, 0.2) is 35.4 Å². The van der Waals surface area contributed by atoms with Crippen molar-refractivity contribution in [2.24, 2.45) is 0 Å². The minimum atomic E-state index is 0.158. The van der Waals surface area contributed by atoms with E-state index < -0.39 is 0 Å². The first-order valence-electron chi connectivity index (χ1n) is 9.94. The van der Waals surface area contributed by atoms with Gasteiger partial charge >= 0.3 is 0 Å². The Balaban J connectivity index is 1.51. The van der Waals surface area contributed by atoms with Gasteiger partial charge in [-0.25, -0.2) is 4.98 Å². The monoisotopic (exact) mass is 379 g/mol. The van der Waals surface area contributed by atoms with Gasteiger partial charge in [0.05, 0.1) is 11.7 Å². The van der Waals surface area contributed by atoms with Gasteiger partial charge in [-0.3, -0.25) is 9.36 Å². The van der Waals surface area contributed by atoms with Gasteiger partial charge in [0.2, 0.25) is 0 Å². The molecule has 2 aliphatic carbocycles. The Kier molecular flexibility index (Phi) is 4.17. The molecule has 0 aliphatic heterocycles. The number of thiophene rings is 1. The Morgan fingerprint density at radius 3 is 2.63 bits per heavy atom. The number of aryl methyl sites for hydroxylation is 1. The molecule has 0 saturated carbocycles. The first-order valence-corrected chi connectivity index (χ1v) is 10.8. The van der Waals surface area contributed by atoms with Crippen LogP contribution in [-0.4, -0.2) is 21.6 Å². The van der Waals surface area contributed by atoms with Crippen LogP contribution >= 0.6 is 11.3 Å². The first-order chi connectivity index (χ1) is 13.1. The molecule has 1 atom stereocenters. The van der Waals surface area contributed by atoms with E-state index in [-0.39, 0.29) is 11.6 Å². The molecule has 2 aliphatic rings. The second-order valence-corrected chi connectivity index (χ2v) is 9.32. The van der Waals surface area contributed by atoms with Crippen molar-refractivity contribution >= 4 is 21.6 Å². The number of nitrogens with zero attached hydrogens (tertiary/aromatic N) is 2. The van der Waals surface area contributed by atoms with E-state index in [0.29, 0.717) is 12.1 Å². The minimum absolute atomic E-state index is 0.158. The molecule has 1 aromatic carbocycles. The Bertz CT molecular complexity index is 1040. The Hall–Kier alpha value is -1.98. The van der Waals surface area contributed by atoms with Crippen molar-refractivity contribution in [2.45, 2.75) is 64.1 Å². The maximum Gasteiger partial charge on any atom is 0.262 e. The number of aromatic nitrogens is 2. The molecule has 0 bridgehead atoms. The van der Waals surface area contributed by atoms with Crippen LogP contribution in [0.1, 0.15) is 47.9 Å². The van der Waals surface area contributed by atoms with Gasteiger partial charge in [0, 0.05) is 23.0 Å². The van der Waals surface area contributed by atoms with E-state index in [1.807, 2.05) is 4.57 Å². The lowest BCUT2D eigenvalue weighted by atomic mass is 9.92. The number of benzene rings is 1. The molecule has 2 heterocycles. The van der Waals surface area contributed by atoms with Crippen LogP contribution in [-0.2, 0) is 25.7 Å². The number of hydrogen-bond acceptors (Lipinski definition) is 4. The Labute approximate surface area is 163 Å². The molecule has 2 aromatic heterocycles. The normalized spacial score (nSPS) is 19.6. The molecule has 0 radical (unpaired) electrons. The van der Waals surface area contributed by atoms with Crippen LogP contribution in [0.25, 0.3) is 10.2 Å². The lowest BCUT2D eigenvalue weighted by molar-refractivity contribution is 0.425. The maximum absolute atomic E-state index is 13.4. The molecular weight excluding hydrogens is 354 g/mol. The summed E-state index contributed by atoms with van der Waals surface area (Å²) >= 11 is 1.72. The van der Waals surface area contributed by atoms with E-state index in [1.54, 1.807) is 17.7 Å². The first kappa shape index (κ1) is 17.1. The summed E-state index contributed by atoms with van der Waals surface area (Å²) in [7, 11) is 0. The summed E-state index contributed by atoms with van der Waals surface area (Å²) in [5.74, 6) is 0. The molecule has 5 rings (SSSR count). The van der Waals surface area contributed by atoms with E-state index in [4.69, 9.17) is 4.98 Å². The van der Waals surface area contributed by atoms with Crippen molar-refractivity contribution in [3.8, 4) is 0 Å². The van der Waals surface area contributed by atoms with E-state index >= 15 is 0 Å². The zero-order valence-electron chi connectivity index (χ0n) is 15.9. The van der Waals surface area contributed by atoms with Gasteiger partial charge < -0.3 is 5.32 Å². The van der Waals surface area contributed by atoms with Crippen molar-refractivity contribution in [2.75, 3.05) is 0 Å². The summed E-state index contributed by atoms with van der Waals surface area (Å²) in [6.45, 7) is 4.39. The summed E-state index contributed by atoms with van der Waals surface area (Å²) < 4.78 is 1.90. The van der Waals surface area contributed by atoms with Gasteiger partial charge in [-0.05, 0) is 48.8 Å². The van der Waals surface area contributed by atoms with Crippen molar-refractivity contribution < 1.29 is 0 Å². The molecule has 0 fully saturated rings. The topological polar surface area (TPSA) is 46.9 Å². The third kappa shape index (κ3) is 2.93. The number of rotatable bonds is 3. The van der Waals surface area contributed by atoms with Crippen molar-refractivity contribution in [1.29, 1.82) is 0 Å². The summed E-state index contributed by atoms with van der Waals surface area (Å²) in [6.07, 6.45) is 6.73. The van der Waals surface area contributed by atoms with Gasteiger partial charge in [0.1, 0.15) is 4.83 Å². The van der Waals surface area contributed by atoms with Gasteiger partial charge in [-0.1, -0.05) is 38.1 Å². The molecule has 4 nitrogen and oxygen atoms in total. The quantitative estimate of drug-likeness (QED) is 0.756. The highest BCUT2D eigenvalue weighted by Crippen LogP contribution is 2.35. The van der Waals surface area contributed by atoms with E-state index in [9.17, 15) is 4.79 Å². The molecule has 0 saturated heterocycles. The highest BCUT2D eigenvalue weighted by molar-refractivity contribution is 7.18. The molecule has 1 unspecified atom stereocenters. The third-order valence-electron chi connectivity index (χ3n) is 5.99. The lowest BCUT2D eigenvalue weighted by Crippen LogP contribution is -2.38. The van der Waals surface area contributed by atoms with Crippen molar-refractivity contribution in [3.63, 3.8) is 0 Å². The fourth-order valence-electron chi connectivity index (χ4n) is 4.79. The summed E-state index contributed by atoms with van der Waals surface area (Å²) in [4.78, 5) is 20.3. The Morgan fingerprint density at radius 2 is 1.93 bits per heavy atom. The predicted octanol–water partition coefficient (Wildman–Crippen LogP) is 3.65. The summed E-state index contributed by atoms with van der Waals surface area (Å²) in [5, 5.41) is 4.54. The smallest absolute Gasteiger partial charge is 0.262 e. The molecule has 0 spiro atoms. The standard InChI is InChI=1S/C22H25N3OS/c1-13(2)24-16-7-8-18-19(11-16)27-21-20(18)22(26)25(12-23-21)17-9-14-5-3-4-6-15(14)10-17/h3-6,12-13,16-17,24H,7-11H2,1-2H3. The SMILES string of the molecule is CC(C)NC1CCc2c(sc3ncn(C4Cc5ccccc5C4)c(=O)c23)C1. The zero-order chi connectivity index (χ0) is 18.5. The summed E-state index contributed by atoms with van der Waals surface area (Å²) in [6, 6.07) is 9.73. The zero-order valence-corrected chi connectivity index (χ0v) is 16.7. The van der Waals surface area contributed by atoms with Gasteiger partial charge in [0.15, 0.2) is 0 Å². The Morgan fingerprint density at radius 1 is 1.19 bits per heavy atom. The predicted molar refractivity (Wildman–Crippen MR) is 111 cm³/mol. The molecule has 140 valence electrons. The van der Waals surface area contributed by atoms with Gasteiger partial charge in [-0.2, -0.15) is 0 Å². The van der Waals surface area contributed by atoms with Crippen LogP contribution in [0.4, 0.5) is 0 Å². The van der Waals surface area contributed by atoms with Gasteiger partial charge in [-0.15, -0.1) is 11.3 Å². The van der Waals surface area contributed by atoms with Crippen LogP contribution in [0, 0.1) is 0 Å². The van der Waals surface area contributed by atoms with Crippen LogP contribution < -0.4 is 10.9 Å². The molecule has 27 heavy (non-hydrogen) atoms. The highest BCUT2D eigenvalue weighted by atomic mass is 32.1. The van der Waals surface area contributed by atoms with E-state index in [1.165, 1.54) is 21.6 Å². The average Bonchev–Trinajstić information content (AvgIpc) is 3.22. The highest BCUT2D eigenvalue weighted by Gasteiger charge is 2.28. The van der Waals surface area contributed by atoms with Crippen molar-refractivity contribution in [3.05, 3.63) is 62.5 Å². The fourth-order valence-corrected chi connectivity index (χ4v) is 6.04. The number of nitrogens with one attached hydrogen (secondary N) is 1. The molecule has 0 amide bonds. The van der Waals surface area contributed by atoms with Crippen LogP contribution in [0.2, 0.25) is 0 Å². The maximum atomic E-state index is 13.4. The van der Waals surface area contributed by atoms with Crippen molar-refractivity contribution in [1.82, 2.24) is 14.9 Å². The molecule has 3 aromatic rings. The lowest BCUT2D eigenvalue weighted by Gasteiger charge is -2.25. The number of fused-ring (bicyclic) bond motifs is 4. The summed E-state index contributed by atoms with van der Waals surface area (Å²) in [5.41, 5.74) is 4.15. The molecular formula is C22H25N3OS. The minimum Gasteiger partial charge on any atom is -0.311 e. The van der Waals surface area contributed by atoms with E-state index in [0.717, 1.165) is 42.3 Å². The van der Waals surface area contributed by atoms with Crippen LogP contribution in [0.3, 0.4) is 0 Å². The third-order valence-corrected chi connectivity index (χ3v) is 7.15. The number of hydrogen-bond donors (Lipinski definition) is 1. The molecule has 5 heteroatoms. The van der Waals surface area contributed by atoms with Crippen LogP contribution in [0.5, 0.6) is 0 Å². The second kappa shape index (κ2) is 6.57. The molecule has 1 N–H and O–H groups in total. The van der Waals surface area contributed by atoms with Gasteiger partial charge in [0.25, 0.3) is 5.56 Å².